The predicted molar refractivity (Wildman–Crippen MR) is 108 cm³/mol. The zero-order chi connectivity index (χ0) is 21.2. The van der Waals surface area contributed by atoms with Crippen molar-refractivity contribution in [3.63, 3.8) is 0 Å². The van der Waals surface area contributed by atoms with Gasteiger partial charge in [-0.15, -0.1) is 0 Å². The number of hydrogen-bond acceptors (Lipinski definition) is 6. The van der Waals surface area contributed by atoms with Crippen molar-refractivity contribution in [3.05, 3.63) is 53.8 Å². The first-order valence-corrected chi connectivity index (χ1v) is 10.6. The average molecular weight is 417 g/mol. The zero-order valence-electron chi connectivity index (χ0n) is 16.6. The lowest BCUT2D eigenvalue weighted by Crippen LogP contribution is -2.40. The van der Waals surface area contributed by atoms with Crippen molar-refractivity contribution in [2.75, 3.05) is 5.32 Å². The highest BCUT2D eigenvalue weighted by atomic mass is 32.2. The summed E-state index contributed by atoms with van der Waals surface area (Å²) in [6.45, 7) is 7.19. The Morgan fingerprint density at radius 1 is 1.10 bits per heavy atom. The van der Waals surface area contributed by atoms with E-state index in [4.69, 9.17) is 8.94 Å². The molecule has 0 unspecified atom stereocenters. The van der Waals surface area contributed by atoms with Crippen LogP contribution in [0.3, 0.4) is 0 Å². The van der Waals surface area contributed by atoms with Crippen molar-refractivity contribution < 1.29 is 22.2 Å². The Labute approximate surface area is 169 Å². The molecule has 1 amide bonds. The molecule has 0 aliphatic heterocycles. The zero-order valence-corrected chi connectivity index (χ0v) is 17.5. The number of benzene rings is 1. The standard InChI is InChI=1S/C20H23N3O5S/c1-5-13-6-8-14(9-7-13)15-12-17(28-22-15)21-19(24)16-10-11-18(27-16)29(25,26)23-20(2,3)4/h6-12,23H,5H2,1-4H3,(H,21,24). The normalized spacial score (nSPS) is 12.1. The van der Waals surface area contributed by atoms with Crippen LogP contribution in [0.1, 0.15) is 43.8 Å². The summed E-state index contributed by atoms with van der Waals surface area (Å²) < 4.78 is 37.4. The molecular formula is C20H23N3O5S. The number of carbonyl (C=O) groups is 1. The Hall–Kier alpha value is -2.91. The molecule has 1 aromatic carbocycles. The summed E-state index contributed by atoms with van der Waals surface area (Å²) in [4.78, 5) is 12.4. The van der Waals surface area contributed by atoms with Crippen LogP contribution in [-0.4, -0.2) is 25.0 Å². The SMILES string of the molecule is CCc1ccc(-c2cc(NC(=O)c3ccc(S(=O)(=O)NC(C)(C)C)o3)on2)cc1. The van der Waals surface area contributed by atoms with Crippen molar-refractivity contribution in [2.24, 2.45) is 0 Å². The van der Waals surface area contributed by atoms with Gasteiger partial charge >= 0.3 is 0 Å². The van der Waals surface area contributed by atoms with Crippen LogP contribution in [-0.2, 0) is 16.4 Å². The Bertz CT molecular complexity index is 1110. The minimum Gasteiger partial charge on any atom is -0.438 e. The number of nitrogens with zero attached hydrogens (tertiary/aromatic N) is 1. The second-order valence-electron chi connectivity index (χ2n) is 7.56. The molecular weight excluding hydrogens is 394 g/mol. The monoisotopic (exact) mass is 417 g/mol. The van der Waals surface area contributed by atoms with Gasteiger partial charge in [0.2, 0.25) is 11.0 Å². The van der Waals surface area contributed by atoms with Gasteiger partial charge in [0.25, 0.3) is 15.9 Å². The van der Waals surface area contributed by atoms with Crippen LogP contribution in [0.2, 0.25) is 0 Å². The second-order valence-corrected chi connectivity index (χ2v) is 9.17. The fourth-order valence-corrected chi connectivity index (χ4v) is 3.95. The lowest BCUT2D eigenvalue weighted by atomic mass is 10.1. The molecule has 2 heterocycles. The fourth-order valence-electron chi connectivity index (χ4n) is 2.59. The van der Waals surface area contributed by atoms with Gasteiger partial charge in [-0.25, -0.2) is 13.1 Å². The number of aryl methyl sites for hydroxylation is 1. The molecule has 2 aromatic heterocycles. The van der Waals surface area contributed by atoms with Crippen LogP contribution >= 0.6 is 0 Å². The number of amides is 1. The quantitative estimate of drug-likeness (QED) is 0.630. The molecule has 0 saturated carbocycles. The molecule has 3 rings (SSSR count). The fraction of sp³-hybridized carbons (Fsp3) is 0.300. The third-order valence-corrected chi connectivity index (χ3v) is 5.55. The molecule has 0 bridgehead atoms. The number of furan rings is 1. The van der Waals surface area contributed by atoms with E-state index in [0.29, 0.717) is 5.69 Å². The Kier molecular flexibility index (Phi) is 5.63. The van der Waals surface area contributed by atoms with Crippen LogP contribution in [0.5, 0.6) is 0 Å². The first-order valence-electron chi connectivity index (χ1n) is 9.08. The third kappa shape index (κ3) is 5.12. The minimum absolute atomic E-state index is 0.123. The van der Waals surface area contributed by atoms with E-state index >= 15 is 0 Å². The maximum atomic E-state index is 12.4. The molecule has 0 fully saturated rings. The molecule has 2 N–H and O–H groups in total. The van der Waals surface area contributed by atoms with E-state index < -0.39 is 21.5 Å². The minimum atomic E-state index is -3.87. The molecule has 29 heavy (non-hydrogen) atoms. The predicted octanol–water partition coefficient (Wildman–Crippen LogP) is 3.83. The van der Waals surface area contributed by atoms with E-state index in [1.165, 1.54) is 17.7 Å². The molecule has 9 heteroatoms. The van der Waals surface area contributed by atoms with Gasteiger partial charge in [-0.1, -0.05) is 36.3 Å². The van der Waals surface area contributed by atoms with Gasteiger partial charge in [0.1, 0.15) is 5.69 Å². The summed E-state index contributed by atoms with van der Waals surface area (Å²) in [7, 11) is -3.87. The van der Waals surface area contributed by atoms with Gasteiger partial charge in [-0.3, -0.25) is 10.1 Å². The maximum Gasteiger partial charge on any atom is 0.293 e. The number of nitrogens with one attached hydrogen (secondary N) is 2. The number of aromatic nitrogens is 1. The topological polar surface area (TPSA) is 114 Å². The Morgan fingerprint density at radius 2 is 1.79 bits per heavy atom. The van der Waals surface area contributed by atoms with E-state index in [0.717, 1.165) is 12.0 Å². The number of carbonyl (C=O) groups excluding carboxylic acids is 1. The molecule has 0 spiro atoms. The van der Waals surface area contributed by atoms with Crippen molar-refractivity contribution >= 4 is 21.8 Å². The molecule has 0 saturated heterocycles. The summed E-state index contributed by atoms with van der Waals surface area (Å²) >= 11 is 0. The molecule has 0 aliphatic carbocycles. The molecule has 8 nitrogen and oxygen atoms in total. The highest BCUT2D eigenvalue weighted by Crippen LogP contribution is 2.23. The van der Waals surface area contributed by atoms with E-state index in [1.807, 2.05) is 24.3 Å². The summed E-state index contributed by atoms with van der Waals surface area (Å²) in [5.74, 6) is -0.686. The Morgan fingerprint density at radius 3 is 2.41 bits per heavy atom. The van der Waals surface area contributed by atoms with E-state index in [1.54, 1.807) is 26.8 Å². The molecule has 0 atom stereocenters. The van der Waals surface area contributed by atoms with Crippen molar-refractivity contribution in [2.45, 2.75) is 44.7 Å². The molecule has 0 radical (unpaired) electrons. The van der Waals surface area contributed by atoms with Crippen molar-refractivity contribution in [1.29, 1.82) is 0 Å². The van der Waals surface area contributed by atoms with E-state index in [9.17, 15) is 13.2 Å². The van der Waals surface area contributed by atoms with E-state index in [2.05, 4.69) is 22.1 Å². The largest absolute Gasteiger partial charge is 0.438 e. The molecule has 154 valence electrons. The third-order valence-electron chi connectivity index (χ3n) is 3.92. The first kappa shape index (κ1) is 20.8. The van der Waals surface area contributed by atoms with Crippen LogP contribution < -0.4 is 10.0 Å². The van der Waals surface area contributed by atoms with E-state index in [-0.39, 0.29) is 16.7 Å². The maximum absolute atomic E-state index is 12.4. The Balaban J connectivity index is 1.71. The van der Waals surface area contributed by atoms with Gasteiger partial charge in [-0.05, 0) is 44.9 Å². The highest BCUT2D eigenvalue weighted by molar-refractivity contribution is 7.89. The number of anilines is 1. The van der Waals surface area contributed by atoms with Gasteiger partial charge < -0.3 is 8.94 Å². The lowest BCUT2D eigenvalue weighted by molar-refractivity contribution is 0.0988. The van der Waals surface area contributed by atoms with Crippen LogP contribution in [0, 0.1) is 0 Å². The van der Waals surface area contributed by atoms with Gasteiger partial charge in [-0.2, -0.15) is 0 Å². The van der Waals surface area contributed by atoms with Gasteiger partial charge in [0, 0.05) is 17.2 Å². The van der Waals surface area contributed by atoms with Crippen molar-refractivity contribution in [3.8, 4) is 11.3 Å². The highest BCUT2D eigenvalue weighted by Gasteiger charge is 2.26. The molecule has 3 aromatic rings. The molecule has 0 aliphatic rings. The van der Waals surface area contributed by atoms with Gasteiger partial charge in [0.05, 0.1) is 0 Å². The first-order chi connectivity index (χ1) is 13.6. The summed E-state index contributed by atoms with van der Waals surface area (Å²) in [5, 5.41) is 6.11. The second kappa shape index (κ2) is 7.84. The van der Waals surface area contributed by atoms with Crippen LogP contribution in [0.15, 0.2) is 56.5 Å². The van der Waals surface area contributed by atoms with Crippen molar-refractivity contribution in [1.82, 2.24) is 9.88 Å². The van der Waals surface area contributed by atoms with Gasteiger partial charge in [0.15, 0.2) is 5.76 Å². The van der Waals surface area contributed by atoms with Crippen LogP contribution in [0.25, 0.3) is 11.3 Å². The van der Waals surface area contributed by atoms with Crippen LogP contribution in [0.4, 0.5) is 5.88 Å². The summed E-state index contributed by atoms with van der Waals surface area (Å²) in [5.41, 5.74) is 1.95. The summed E-state index contributed by atoms with van der Waals surface area (Å²) in [6, 6.07) is 11.9. The number of sulfonamides is 1. The number of hydrogen-bond donors (Lipinski definition) is 2. The average Bonchev–Trinajstić information content (AvgIpc) is 3.30. The summed E-state index contributed by atoms with van der Waals surface area (Å²) in [6.07, 6.45) is 0.937. The smallest absolute Gasteiger partial charge is 0.293 e. The lowest BCUT2D eigenvalue weighted by Gasteiger charge is -2.18. The number of rotatable bonds is 6.